The maximum Gasteiger partial charge on any atom is 0.233 e. The van der Waals surface area contributed by atoms with E-state index in [4.69, 9.17) is 0 Å². The third kappa shape index (κ3) is 2.57. The number of hydrogen-bond donors (Lipinski definition) is 1. The highest BCUT2D eigenvalue weighted by Crippen LogP contribution is 2.50. The van der Waals surface area contributed by atoms with E-state index in [2.05, 4.69) is 0 Å². The van der Waals surface area contributed by atoms with Crippen LogP contribution in [-0.2, 0) is 10.2 Å². The molecule has 2 fully saturated rings. The molecule has 1 aromatic rings. The molecule has 0 aromatic heterocycles. The van der Waals surface area contributed by atoms with Crippen LogP contribution in [-0.4, -0.2) is 35.1 Å². The number of benzene rings is 1. The Labute approximate surface area is 124 Å². The maximum atomic E-state index is 14.0. The smallest absolute Gasteiger partial charge is 0.233 e. The summed E-state index contributed by atoms with van der Waals surface area (Å²) in [5.74, 6) is -0.107. The van der Waals surface area contributed by atoms with Gasteiger partial charge in [-0.3, -0.25) is 4.79 Å². The van der Waals surface area contributed by atoms with Crippen LogP contribution < -0.4 is 0 Å². The van der Waals surface area contributed by atoms with Crippen molar-refractivity contribution < 1.29 is 14.3 Å². The van der Waals surface area contributed by atoms with Crippen LogP contribution in [0, 0.1) is 11.7 Å². The van der Waals surface area contributed by atoms with E-state index in [0.717, 1.165) is 32.2 Å². The van der Waals surface area contributed by atoms with Crippen molar-refractivity contribution in [2.45, 2.75) is 44.1 Å². The number of rotatable bonds is 3. The van der Waals surface area contributed by atoms with Crippen molar-refractivity contribution in [1.29, 1.82) is 0 Å². The second-order valence-electron chi connectivity index (χ2n) is 6.46. The second-order valence-corrected chi connectivity index (χ2v) is 6.46. The minimum atomic E-state index is -0.647. The van der Waals surface area contributed by atoms with E-state index in [1.807, 2.05) is 4.90 Å². The number of nitrogens with zero attached hydrogens (tertiary/aromatic N) is 1. The van der Waals surface area contributed by atoms with Gasteiger partial charge in [-0.25, -0.2) is 4.39 Å². The Kier molecular flexibility index (Phi) is 3.74. The van der Waals surface area contributed by atoms with Crippen molar-refractivity contribution in [3.63, 3.8) is 0 Å². The first-order valence-corrected chi connectivity index (χ1v) is 7.77. The minimum Gasteiger partial charge on any atom is -0.393 e. The van der Waals surface area contributed by atoms with Crippen LogP contribution in [0.15, 0.2) is 24.3 Å². The van der Waals surface area contributed by atoms with Crippen LogP contribution in [0.4, 0.5) is 4.39 Å². The van der Waals surface area contributed by atoms with Crippen LogP contribution in [0.5, 0.6) is 0 Å². The lowest BCUT2D eigenvalue weighted by atomic mass is 9.89. The molecule has 1 saturated heterocycles. The number of amides is 1. The fraction of sp³-hybridized carbons (Fsp3) is 0.588. The lowest BCUT2D eigenvalue weighted by Gasteiger charge is -2.36. The Morgan fingerprint density at radius 3 is 2.76 bits per heavy atom. The molecule has 114 valence electrons. The second kappa shape index (κ2) is 5.41. The number of aliphatic hydroxyl groups excluding tert-OH is 1. The van der Waals surface area contributed by atoms with Gasteiger partial charge in [0.1, 0.15) is 5.82 Å². The summed E-state index contributed by atoms with van der Waals surface area (Å²) in [5.41, 5.74) is -0.111. The number of carbonyl (C=O) groups is 1. The zero-order valence-corrected chi connectivity index (χ0v) is 12.4. The molecule has 1 aliphatic heterocycles. The van der Waals surface area contributed by atoms with Crippen molar-refractivity contribution in [2.75, 3.05) is 13.1 Å². The molecular weight excluding hydrogens is 269 g/mol. The summed E-state index contributed by atoms with van der Waals surface area (Å²) in [6, 6.07) is 6.61. The summed E-state index contributed by atoms with van der Waals surface area (Å²) in [6.07, 6.45) is 2.91. The molecule has 1 amide bonds. The summed E-state index contributed by atoms with van der Waals surface area (Å²) in [4.78, 5) is 14.7. The first-order valence-electron chi connectivity index (χ1n) is 7.77. The highest BCUT2D eigenvalue weighted by Gasteiger charge is 2.54. The molecule has 0 radical (unpaired) electrons. The third-order valence-electron chi connectivity index (χ3n) is 4.98. The van der Waals surface area contributed by atoms with Crippen LogP contribution >= 0.6 is 0 Å². The highest BCUT2D eigenvalue weighted by atomic mass is 19.1. The van der Waals surface area contributed by atoms with Gasteiger partial charge in [-0.1, -0.05) is 18.2 Å². The molecule has 0 bridgehead atoms. The Hall–Kier alpha value is -1.42. The van der Waals surface area contributed by atoms with Crippen LogP contribution in [0.25, 0.3) is 0 Å². The van der Waals surface area contributed by atoms with Gasteiger partial charge in [0.05, 0.1) is 11.5 Å². The van der Waals surface area contributed by atoms with Crippen molar-refractivity contribution in [1.82, 2.24) is 4.90 Å². The molecule has 2 atom stereocenters. The molecule has 1 aliphatic carbocycles. The standard InChI is InChI=1S/C17H22FNO2/c1-12(20)13-5-4-10-19(11-13)16(21)17(8-9-17)14-6-2-3-7-15(14)18/h2-3,6-7,12-13,20H,4-5,8-11H2,1H3. The van der Waals surface area contributed by atoms with Gasteiger partial charge in [0.15, 0.2) is 0 Å². The molecule has 3 rings (SSSR count). The van der Waals surface area contributed by atoms with Crippen molar-refractivity contribution in [3.05, 3.63) is 35.6 Å². The monoisotopic (exact) mass is 291 g/mol. The topological polar surface area (TPSA) is 40.5 Å². The predicted octanol–water partition coefficient (Wildman–Crippen LogP) is 2.48. The number of aliphatic hydroxyl groups is 1. The fourth-order valence-corrected chi connectivity index (χ4v) is 3.46. The van der Waals surface area contributed by atoms with Gasteiger partial charge in [-0.05, 0) is 38.7 Å². The Balaban J connectivity index is 1.80. The maximum absolute atomic E-state index is 14.0. The summed E-state index contributed by atoms with van der Waals surface area (Å²) >= 11 is 0. The van der Waals surface area contributed by atoms with Crippen molar-refractivity contribution >= 4 is 5.91 Å². The van der Waals surface area contributed by atoms with Crippen LogP contribution in [0.2, 0.25) is 0 Å². The summed E-state index contributed by atoms with van der Waals surface area (Å²) in [6.45, 7) is 3.09. The van der Waals surface area contributed by atoms with E-state index >= 15 is 0 Å². The molecular formula is C17H22FNO2. The average molecular weight is 291 g/mol. The summed E-state index contributed by atoms with van der Waals surface area (Å²) < 4.78 is 14.0. The van der Waals surface area contributed by atoms with Gasteiger partial charge in [0.25, 0.3) is 0 Å². The predicted molar refractivity (Wildman–Crippen MR) is 78.3 cm³/mol. The number of likely N-dealkylation sites (tertiary alicyclic amines) is 1. The number of piperidine rings is 1. The van der Waals surface area contributed by atoms with E-state index in [1.54, 1.807) is 25.1 Å². The molecule has 1 heterocycles. The molecule has 1 saturated carbocycles. The quantitative estimate of drug-likeness (QED) is 0.929. The Morgan fingerprint density at radius 1 is 1.43 bits per heavy atom. The normalized spacial score (nSPS) is 25.5. The molecule has 4 heteroatoms. The summed E-state index contributed by atoms with van der Waals surface area (Å²) in [7, 11) is 0. The SMILES string of the molecule is CC(O)C1CCCN(C(=O)C2(c3ccccc3F)CC2)C1. The largest absolute Gasteiger partial charge is 0.393 e. The van der Waals surface area contributed by atoms with Gasteiger partial charge >= 0.3 is 0 Å². The van der Waals surface area contributed by atoms with Gasteiger partial charge in [0, 0.05) is 24.6 Å². The van der Waals surface area contributed by atoms with E-state index in [1.165, 1.54) is 6.07 Å². The van der Waals surface area contributed by atoms with Gasteiger partial charge in [0.2, 0.25) is 5.91 Å². The van der Waals surface area contributed by atoms with E-state index in [0.29, 0.717) is 12.1 Å². The van der Waals surface area contributed by atoms with E-state index in [-0.39, 0.29) is 17.6 Å². The molecule has 21 heavy (non-hydrogen) atoms. The Bertz CT molecular complexity index is 539. The molecule has 1 aromatic carbocycles. The fourth-order valence-electron chi connectivity index (χ4n) is 3.46. The lowest BCUT2D eigenvalue weighted by Crippen LogP contribution is -2.47. The first kappa shape index (κ1) is 14.5. The van der Waals surface area contributed by atoms with E-state index < -0.39 is 11.5 Å². The summed E-state index contributed by atoms with van der Waals surface area (Å²) in [5, 5.41) is 9.76. The highest BCUT2D eigenvalue weighted by molar-refractivity contribution is 5.91. The zero-order valence-electron chi connectivity index (χ0n) is 12.4. The van der Waals surface area contributed by atoms with Gasteiger partial charge in [-0.2, -0.15) is 0 Å². The first-order chi connectivity index (χ1) is 10.0. The molecule has 2 aliphatic rings. The van der Waals surface area contributed by atoms with Gasteiger partial charge in [-0.15, -0.1) is 0 Å². The van der Waals surface area contributed by atoms with Crippen LogP contribution in [0.1, 0.15) is 38.2 Å². The molecule has 3 nitrogen and oxygen atoms in total. The van der Waals surface area contributed by atoms with Crippen molar-refractivity contribution in [2.24, 2.45) is 5.92 Å². The molecule has 0 spiro atoms. The van der Waals surface area contributed by atoms with Crippen LogP contribution in [0.3, 0.4) is 0 Å². The number of hydrogen-bond acceptors (Lipinski definition) is 2. The average Bonchev–Trinajstić information content (AvgIpc) is 3.28. The minimum absolute atomic E-state index is 0.0398. The van der Waals surface area contributed by atoms with Crippen molar-refractivity contribution in [3.8, 4) is 0 Å². The third-order valence-corrected chi connectivity index (χ3v) is 4.98. The number of halogens is 1. The molecule has 2 unspecified atom stereocenters. The van der Waals surface area contributed by atoms with Gasteiger partial charge < -0.3 is 10.0 Å². The number of carbonyl (C=O) groups excluding carboxylic acids is 1. The van der Waals surface area contributed by atoms with E-state index in [9.17, 15) is 14.3 Å². The molecule has 1 N–H and O–H groups in total. The zero-order chi connectivity index (χ0) is 15.0. The Morgan fingerprint density at radius 2 is 2.14 bits per heavy atom. The lowest BCUT2D eigenvalue weighted by molar-refractivity contribution is -0.136.